The maximum atomic E-state index is 6.21. The van der Waals surface area contributed by atoms with Crippen LogP contribution in [0.3, 0.4) is 0 Å². The smallest absolute Gasteiger partial charge is 0.0781 e. The van der Waals surface area contributed by atoms with Gasteiger partial charge < -0.3 is 5.32 Å². The van der Waals surface area contributed by atoms with Crippen molar-refractivity contribution in [3.05, 3.63) is 45.2 Å². The Kier molecular flexibility index (Phi) is 5.66. The van der Waals surface area contributed by atoms with Crippen LogP contribution in [0.4, 0.5) is 0 Å². The van der Waals surface area contributed by atoms with Gasteiger partial charge in [0.05, 0.1) is 21.3 Å². The van der Waals surface area contributed by atoms with Gasteiger partial charge in [-0.05, 0) is 31.5 Å². The molecule has 108 valence electrons. The van der Waals surface area contributed by atoms with Gasteiger partial charge in [0.1, 0.15) is 0 Å². The molecule has 1 aromatic carbocycles. The van der Waals surface area contributed by atoms with Gasteiger partial charge >= 0.3 is 0 Å². The third-order valence-corrected chi connectivity index (χ3v) is 4.33. The molecular formula is C13H15Cl3N4. The largest absolute Gasteiger partial charge is 0.310 e. The zero-order valence-corrected chi connectivity index (χ0v) is 13.3. The molecule has 2 aromatic rings. The summed E-state index contributed by atoms with van der Waals surface area (Å²) in [6.45, 7) is 3.72. The Morgan fingerprint density at radius 3 is 2.75 bits per heavy atom. The van der Waals surface area contributed by atoms with Crippen LogP contribution in [-0.2, 0) is 6.54 Å². The summed E-state index contributed by atoms with van der Waals surface area (Å²) in [4.78, 5) is 0. The number of hydrogen-bond acceptors (Lipinski definition) is 3. The normalized spacial score (nSPS) is 12.6. The highest BCUT2D eigenvalue weighted by Crippen LogP contribution is 2.35. The fourth-order valence-corrected chi connectivity index (χ4v) is 2.60. The first kappa shape index (κ1) is 15.6. The van der Waals surface area contributed by atoms with Gasteiger partial charge in [0, 0.05) is 18.8 Å². The molecule has 0 fully saturated rings. The van der Waals surface area contributed by atoms with Crippen LogP contribution in [0.5, 0.6) is 0 Å². The molecule has 0 saturated carbocycles. The van der Waals surface area contributed by atoms with Gasteiger partial charge in [-0.2, -0.15) is 0 Å². The predicted octanol–water partition coefficient (Wildman–Crippen LogP) is 3.98. The average molecular weight is 334 g/mol. The molecule has 1 atom stereocenters. The van der Waals surface area contributed by atoms with Gasteiger partial charge in [-0.1, -0.05) is 46.1 Å². The van der Waals surface area contributed by atoms with E-state index >= 15 is 0 Å². The molecular weight excluding hydrogens is 319 g/mol. The first-order valence-electron chi connectivity index (χ1n) is 6.30. The molecule has 0 saturated heterocycles. The SMILES string of the molecule is CC(NCCCn1ccnn1)c1ccc(Cl)c(Cl)c1Cl. The fourth-order valence-electron chi connectivity index (χ4n) is 1.90. The van der Waals surface area contributed by atoms with E-state index < -0.39 is 0 Å². The number of aromatic nitrogens is 3. The van der Waals surface area contributed by atoms with Crippen LogP contribution < -0.4 is 5.32 Å². The number of nitrogens with zero attached hydrogens (tertiary/aromatic N) is 3. The number of halogens is 3. The second kappa shape index (κ2) is 7.27. The highest BCUT2D eigenvalue weighted by Gasteiger charge is 2.13. The van der Waals surface area contributed by atoms with Crippen molar-refractivity contribution in [2.75, 3.05) is 6.54 Å². The molecule has 0 radical (unpaired) electrons. The number of hydrogen-bond donors (Lipinski definition) is 1. The minimum atomic E-state index is 0.105. The molecule has 0 bridgehead atoms. The van der Waals surface area contributed by atoms with E-state index in [9.17, 15) is 0 Å². The predicted molar refractivity (Wildman–Crippen MR) is 82.5 cm³/mol. The van der Waals surface area contributed by atoms with Crippen LogP contribution >= 0.6 is 34.8 Å². The molecule has 0 aliphatic carbocycles. The number of benzene rings is 1. The third-order valence-electron chi connectivity index (χ3n) is 3.02. The van der Waals surface area contributed by atoms with E-state index in [1.165, 1.54) is 0 Å². The minimum absolute atomic E-state index is 0.105. The van der Waals surface area contributed by atoms with Crippen molar-refractivity contribution in [1.29, 1.82) is 0 Å². The zero-order valence-electron chi connectivity index (χ0n) is 11.0. The van der Waals surface area contributed by atoms with E-state index in [0.29, 0.717) is 15.1 Å². The van der Waals surface area contributed by atoms with Crippen molar-refractivity contribution in [2.45, 2.75) is 25.9 Å². The summed E-state index contributed by atoms with van der Waals surface area (Å²) >= 11 is 18.2. The van der Waals surface area contributed by atoms with E-state index in [1.807, 2.05) is 19.2 Å². The third kappa shape index (κ3) is 3.85. The molecule has 20 heavy (non-hydrogen) atoms. The van der Waals surface area contributed by atoms with E-state index in [2.05, 4.69) is 15.6 Å². The van der Waals surface area contributed by atoms with Crippen LogP contribution in [0, 0.1) is 0 Å². The topological polar surface area (TPSA) is 42.7 Å². The lowest BCUT2D eigenvalue weighted by Crippen LogP contribution is -2.21. The quantitative estimate of drug-likeness (QED) is 0.642. The van der Waals surface area contributed by atoms with Crippen molar-refractivity contribution >= 4 is 34.8 Å². The summed E-state index contributed by atoms with van der Waals surface area (Å²) in [5, 5.41) is 12.5. The summed E-state index contributed by atoms with van der Waals surface area (Å²) in [6, 6.07) is 3.76. The molecule has 1 heterocycles. The van der Waals surface area contributed by atoms with Crippen LogP contribution in [0.25, 0.3) is 0 Å². The first-order chi connectivity index (χ1) is 9.59. The van der Waals surface area contributed by atoms with E-state index in [-0.39, 0.29) is 6.04 Å². The maximum Gasteiger partial charge on any atom is 0.0781 e. The standard InChI is InChI=1S/C13H15Cl3N4/c1-9(10-3-4-11(14)13(16)12(10)15)17-5-2-7-20-8-6-18-19-20/h3-4,6,8-9,17H,2,5,7H2,1H3. The van der Waals surface area contributed by atoms with Crippen molar-refractivity contribution < 1.29 is 0 Å². The molecule has 0 aliphatic rings. The Balaban J connectivity index is 1.85. The zero-order chi connectivity index (χ0) is 14.5. The van der Waals surface area contributed by atoms with Gasteiger partial charge in [0.25, 0.3) is 0 Å². The Hall–Kier alpha value is -0.810. The van der Waals surface area contributed by atoms with Gasteiger partial charge in [-0.3, -0.25) is 4.68 Å². The highest BCUT2D eigenvalue weighted by molar-refractivity contribution is 6.48. The monoisotopic (exact) mass is 332 g/mol. The van der Waals surface area contributed by atoms with E-state index in [0.717, 1.165) is 25.1 Å². The second-order valence-corrected chi connectivity index (χ2v) is 5.62. The molecule has 2 rings (SSSR count). The van der Waals surface area contributed by atoms with Crippen LogP contribution in [0.2, 0.25) is 15.1 Å². The Morgan fingerprint density at radius 1 is 1.25 bits per heavy atom. The lowest BCUT2D eigenvalue weighted by Gasteiger charge is -2.16. The lowest BCUT2D eigenvalue weighted by atomic mass is 10.1. The second-order valence-electron chi connectivity index (χ2n) is 4.46. The Bertz CT molecular complexity index is 557. The van der Waals surface area contributed by atoms with Crippen molar-refractivity contribution in [3.63, 3.8) is 0 Å². The van der Waals surface area contributed by atoms with Crippen LogP contribution in [0.15, 0.2) is 24.5 Å². The van der Waals surface area contributed by atoms with Crippen molar-refractivity contribution in [2.24, 2.45) is 0 Å². The van der Waals surface area contributed by atoms with Gasteiger partial charge in [-0.15, -0.1) is 5.10 Å². The molecule has 0 amide bonds. The highest BCUT2D eigenvalue weighted by atomic mass is 35.5. The fraction of sp³-hybridized carbons (Fsp3) is 0.385. The van der Waals surface area contributed by atoms with E-state index in [4.69, 9.17) is 34.8 Å². The molecule has 1 unspecified atom stereocenters. The van der Waals surface area contributed by atoms with Gasteiger partial charge in [-0.25, -0.2) is 0 Å². The van der Waals surface area contributed by atoms with E-state index in [1.54, 1.807) is 16.9 Å². The molecule has 1 N–H and O–H groups in total. The number of nitrogens with one attached hydrogen (secondary N) is 1. The van der Waals surface area contributed by atoms with Crippen molar-refractivity contribution in [3.8, 4) is 0 Å². The molecule has 0 aliphatic heterocycles. The number of aryl methyl sites for hydroxylation is 1. The summed E-state index contributed by atoms with van der Waals surface area (Å²) in [6.07, 6.45) is 4.47. The average Bonchev–Trinajstić information content (AvgIpc) is 2.94. The summed E-state index contributed by atoms with van der Waals surface area (Å²) in [5.41, 5.74) is 0.946. The molecule has 7 heteroatoms. The molecule has 0 spiro atoms. The lowest BCUT2D eigenvalue weighted by molar-refractivity contribution is 0.499. The Morgan fingerprint density at radius 2 is 2.05 bits per heavy atom. The molecule has 4 nitrogen and oxygen atoms in total. The minimum Gasteiger partial charge on any atom is -0.310 e. The Labute approximate surface area is 133 Å². The van der Waals surface area contributed by atoms with Gasteiger partial charge in [0.2, 0.25) is 0 Å². The first-order valence-corrected chi connectivity index (χ1v) is 7.44. The number of rotatable bonds is 6. The van der Waals surface area contributed by atoms with Crippen LogP contribution in [0.1, 0.15) is 24.9 Å². The summed E-state index contributed by atoms with van der Waals surface area (Å²) in [5.74, 6) is 0. The summed E-state index contributed by atoms with van der Waals surface area (Å²) < 4.78 is 1.80. The van der Waals surface area contributed by atoms with Crippen LogP contribution in [-0.4, -0.2) is 21.5 Å². The molecule has 1 aromatic heterocycles. The van der Waals surface area contributed by atoms with Gasteiger partial charge in [0.15, 0.2) is 0 Å². The summed E-state index contributed by atoms with van der Waals surface area (Å²) in [7, 11) is 0. The van der Waals surface area contributed by atoms with Crippen molar-refractivity contribution in [1.82, 2.24) is 20.3 Å². The maximum absolute atomic E-state index is 6.21.